The summed E-state index contributed by atoms with van der Waals surface area (Å²) in [5, 5.41) is 19.5. The van der Waals surface area contributed by atoms with Crippen molar-refractivity contribution in [2.24, 2.45) is 7.05 Å². The van der Waals surface area contributed by atoms with E-state index in [1.54, 1.807) is 30.8 Å². The molecule has 0 spiro atoms. The number of carboxylic acid groups (broad SMARTS) is 2. The van der Waals surface area contributed by atoms with Gasteiger partial charge in [-0.25, -0.2) is 13.2 Å². The van der Waals surface area contributed by atoms with Gasteiger partial charge in [-0.2, -0.15) is 4.72 Å². The Bertz CT molecular complexity index is 1360. The second-order valence-corrected chi connectivity index (χ2v) is 8.92. The van der Waals surface area contributed by atoms with Crippen LogP contribution in [-0.4, -0.2) is 47.8 Å². The van der Waals surface area contributed by atoms with Crippen molar-refractivity contribution >= 4 is 32.9 Å². The lowest BCUT2D eigenvalue weighted by Crippen LogP contribution is -2.42. The van der Waals surface area contributed by atoms with Gasteiger partial charge in [0.05, 0.1) is 10.5 Å². The van der Waals surface area contributed by atoms with Gasteiger partial charge in [-0.1, -0.05) is 5.92 Å². The molecule has 172 valence electrons. The third kappa shape index (κ3) is 5.52. The predicted octanol–water partition coefficient (Wildman–Crippen LogP) is 2.25. The Labute approximate surface area is 190 Å². The van der Waals surface area contributed by atoms with Crippen molar-refractivity contribution in [1.29, 1.82) is 0 Å². The van der Waals surface area contributed by atoms with Crippen LogP contribution in [0.4, 0.5) is 0 Å². The van der Waals surface area contributed by atoms with Gasteiger partial charge in [0.15, 0.2) is 0 Å². The molecule has 0 saturated carbocycles. The smallest absolute Gasteiger partial charge is 0.335 e. The molecule has 3 rings (SSSR count). The Balaban J connectivity index is 1.85. The molecule has 0 bridgehead atoms. The second-order valence-electron chi connectivity index (χ2n) is 7.21. The summed E-state index contributed by atoms with van der Waals surface area (Å²) in [5.41, 5.74) is 1.26. The minimum Gasteiger partial charge on any atom is -0.481 e. The molecule has 3 N–H and O–H groups in total. The highest BCUT2D eigenvalue weighted by atomic mass is 32.2. The normalized spacial score (nSPS) is 12.1. The third-order valence-electron chi connectivity index (χ3n) is 4.96. The van der Waals surface area contributed by atoms with Crippen LogP contribution in [0.2, 0.25) is 0 Å². The number of aromatic nitrogens is 1. The lowest BCUT2D eigenvalue weighted by molar-refractivity contribution is -0.138. The van der Waals surface area contributed by atoms with Gasteiger partial charge in [-0.3, -0.25) is 4.79 Å². The number of carboxylic acids is 2. The minimum atomic E-state index is -4.15. The van der Waals surface area contributed by atoms with Crippen LogP contribution >= 0.6 is 0 Å². The molecule has 1 atom stereocenters. The highest BCUT2D eigenvalue weighted by Crippen LogP contribution is 2.24. The van der Waals surface area contributed by atoms with Gasteiger partial charge < -0.3 is 19.5 Å². The molecule has 1 unspecified atom stereocenters. The molecule has 9 nitrogen and oxygen atoms in total. The number of aryl methyl sites for hydroxylation is 1. The van der Waals surface area contributed by atoms with Gasteiger partial charge in [-0.05, 0) is 55.0 Å². The molecule has 0 aliphatic heterocycles. The minimum absolute atomic E-state index is 0.0506. The van der Waals surface area contributed by atoms with Crippen molar-refractivity contribution in [2.45, 2.75) is 24.3 Å². The third-order valence-corrected chi connectivity index (χ3v) is 6.45. The highest BCUT2D eigenvalue weighted by molar-refractivity contribution is 7.89. The summed E-state index contributed by atoms with van der Waals surface area (Å²) >= 11 is 0. The first-order valence-corrected chi connectivity index (χ1v) is 11.3. The van der Waals surface area contributed by atoms with Crippen LogP contribution in [0.1, 0.15) is 22.8 Å². The summed E-state index contributed by atoms with van der Waals surface area (Å²) in [6.07, 6.45) is 1.48. The Morgan fingerprint density at radius 3 is 2.45 bits per heavy atom. The van der Waals surface area contributed by atoms with Gasteiger partial charge in [0, 0.05) is 30.6 Å². The van der Waals surface area contributed by atoms with Crippen LogP contribution in [0.3, 0.4) is 0 Å². The van der Waals surface area contributed by atoms with E-state index < -0.39 is 28.0 Å². The van der Waals surface area contributed by atoms with E-state index in [0.717, 1.165) is 0 Å². The lowest BCUT2D eigenvalue weighted by atomic mass is 10.0. The average molecular weight is 471 g/mol. The van der Waals surface area contributed by atoms with E-state index in [9.17, 15) is 28.2 Å². The molecule has 10 heteroatoms. The van der Waals surface area contributed by atoms with Crippen molar-refractivity contribution < 1.29 is 33.0 Å². The van der Waals surface area contributed by atoms with Crippen molar-refractivity contribution in [1.82, 2.24) is 9.29 Å². The standard InChI is InChI=1S/C23H22N2O7S/c1-3-4-11-32-17-6-8-18(9-7-17)33(30,31)24-20(23(28)29)13-16-14-25(2)21-10-5-15(22(26)27)12-19(16)21/h5-10,12,14,20,24H,11,13H2,1-2H3,(H,26,27)(H,28,29). The maximum atomic E-state index is 12.8. The van der Waals surface area contributed by atoms with Crippen LogP contribution < -0.4 is 9.46 Å². The fourth-order valence-electron chi connectivity index (χ4n) is 3.33. The average Bonchev–Trinajstić information content (AvgIpc) is 3.08. The molecular weight excluding hydrogens is 448 g/mol. The van der Waals surface area contributed by atoms with Gasteiger partial charge in [0.25, 0.3) is 0 Å². The monoisotopic (exact) mass is 470 g/mol. The number of carbonyl (C=O) groups is 2. The Morgan fingerprint density at radius 2 is 1.85 bits per heavy atom. The zero-order valence-electron chi connectivity index (χ0n) is 17.9. The van der Waals surface area contributed by atoms with E-state index in [4.69, 9.17) is 4.74 Å². The molecule has 0 fully saturated rings. The van der Waals surface area contributed by atoms with E-state index in [1.807, 2.05) is 0 Å². The molecule has 0 amide bonds. The van der Waals surface area contributed by atoms with E-state index >= 15 is 0 Å². The number of nitrogens with zero attached hydrogens (tertiary/aromatic N) is 1. The molecule has 2 aromatic carbocycles. The van der Waals surface area contributed by atoms with Crippen LogP contribution in [0.25, 0.3) is 10.9 Å². The van der Waals surface area contributed by atoms with Gasteiger partial charge in [0.1, 0.15) is 18.4 Å². The number of sulfonamides is 1. The zero-order chi connectivity index (χ0) is 24.2. The van der Waals surface area contributed by atoms with E-state index in [2.05, 4.69) is 16.6 Å². The highest BCUT2D eigenvalue weighted by Gasteiger charge is 2.27. The molecular formula is C23H22N2O7S. The summed E-state index contributed by atoms with van der Waals surface area (Å²) in [4.78, 5) is 23.1. The number of rotatable bonds is 9. The molecule has 3 aromatic rings. The molecule has 0 aliphatic carbocycles. The van der Waals surface area contributed by atoms with Crippen molar-refractivity contribution in [3.05, 3.63) is 59.8 Å². The Hall–Kier alpha value is -3.81. The van der Waals surface area contributed by atoms with Crippen molar-refractivity contribution in [3.8, 4) is 17.6 Å². The van der Waals surface area contributed by atoms with E-state index in [-0.39, 0.29) is 23.5 Å². The van der Waals surface area contributed by atoms with Gasteiger partial charge in [-0.15, -0.1) is 5.92 Å². The number of hydrogen-bond acceptors (Lipinski definition) is 5. The summed E-state index contributed by atoms with van der Waals surface area (Å²) in [6, 6.07) is 8.60. The molecule has 0 saturated heterocycles. The number of nitrogens with one attached hydrogen (secondary N) is 1. The fraction of sp³-hybridized carbons (Fsp3) is 0.217. The number of aliphatic carboxylic acids is 1. The number of ether oxygens (including phenoxy) is 1. The van der Waals surface area contributed by atoms with Gasteiger partial charge in [0.2, 0.25) is 10.0 Å². The SMILES string of the molecule is CC#CCOc1ccc(S(=O)(=O)NC(Cc2cn(C)c3ccc(C(=O)O)cc23)C(=O)O)cc1. The molecule has 1 heterocycles. The summed E-state index contributed by atoms with van der Waals surface area (Å²) < 4.78 is 34.9. The lowest BCUT2D eigenvalue weighted by Gasteiger charge is -2.15. The predicted molar refractivity (Wildman–Crippen MR) is 121 cm³/mol. The van der Waals surface area contributed by atoms with E-state index in [0.29, 0.717) is 22.2 Å². The van der Waals surface area contributed by atoms with Crippen LogP contribution in [-0.2, 0) is 28.3 Å². The number of aromatic carboxylic acids is 1. The second kappa shape index (κ2) is 9.77. The topological polar surface area (TPSA) is 135 Å². The first-order valence-electron chi connectivity index (χ1n) is 9.81. The van der Waals surface area contributed by atoms with E-state index in [1.165, 1.54) is 36.4 Å². The first-order chi connectivity index (χ1) is 15.6. The largest absolute Gasteiger partial charge is 0.481 e. The first kappa shape index (κ1) is 23.8. The molecule has 0 radical (unpaired) electrons. The van der Waals surface area contributed by atoms with Crippen molar-refractivity contribution in [3.63, 3.8) is 0 Å². The quantitative estimate of drug-likeness (QED) is 0.408. The number of hydrogen-bond donors (Lipinski definition) is 3. The summed E-state index contributed by atoms with van der Waals surface area (Å²) in [7, 11) is -2.41. The maximum absolute atomic E-state index is 12.8. The fourth-order valence-corrected chi connectivity index (χ4v) is 4.52. The maximum Gasteiger partial charge on any atom is 0.335 e. The zero-order valence-corrected chi connectivity index (χ0v) is 18.7. The number of fused-ring (bicyclic) bond motifs is 1. The van der Waals surface area contributed by atoms with Gasteiger partial charge >= 0.3 is 11.9 Å². The summed E-state index contributed by atoms with van der Waals surface area (Å²) in [6.45, 7) is 1.84. The Morgan fingerprint density at radius 1 is 1.15 bits per heavy atom. The molecule has 1 aromatic heterocycles. The molecule has 33 heavy (non-hydrogen) atoms. The van der Waals surface area contributed by atoms with Crippen LogP contribution in [0, 0.1) is 11.8 Å². The van der Waals surface area contributed by atoms with Crippen LogP contribution in [0.5, 0.6) is 5.75 Å². The Kier molecular flexibility index (Phi) is 7.06. The summed E-state index contributed by atoms with van der Waals surface area (Å²) in [5.74, 6) is 3.36. The van der Waals surface area contributed by atoms with Crippen molar-refractivity contribution in [2.75, 3.05) is 6.61 Å². The van der Waals surface area contributed by atoms with Crippen LogP contribution in [0.15, 0.2) is 53.6 Å². The molecule has 0 aliphatic rings. The number of benzene rings is 2.